The number of carbonyl (C=O) groups excluding carboxylic acids is 1. The smallest absolute Gasteiger partial charge is 0.272 e. The topological polar surface area (TPSA) is 56.6 Å². The second kappa shape index (κ2) is 10.4. The van der Waals surface area contributed by atoms with Gasteiger partial charge in [-0.05, 0) is 55.3 Å². The average Bonchev–Trinajstić information content (AvgIpc) is 3.23. The maximum atomic E-state index is 13.5. The molecule has 0 aliphatic carbocycles. The zero-order valence-corrected chi connectivity index (χ0v) is 19.1. The monoisotopic (exact) mass is 441 g/mol. The number of methoxy groups -OCH3 is 2. The Hall–Kier alpha value is -2.99. The first-order valence-electron chi connectivity index (χ1n) is 10.4. The fourth-order valence-electron chi connectivity index (χ4n) is 3.47. The van der Waals surface area contributed by atoms with Gasteiger partial charge in [0.1, 0.15) is 17.2 Å². The van der Waals surface area contributed by atoms with E-state index in [2.05, 4.69) is 13.8 Å². The lowest BCUT2D eigenvalue weighted by Gasteiger charge is -2.21. The third-order valence-electron chi connectivity index (χ3n) is 4.96. The Bertz CT molecular complexity index is 1030. The number of amides is 1. The van der Waals surface area contributed by atoms with Crippen LogP contribution in [0.2, 0.25) is 5.02 Å². The van der Waals surface area contributed by atoms with Crippen LogP contribution in [0.5, 0.6) is 11.5 Å². The molecule has 0 fully saturated rings. The Morgan fingerprint density at radius 3 is 2.26 bits per heavy atom. The standard InChI is InChI=1S/C24H28ClN3O3/c1-5-13-27(14-6-2)24(29)22-16-21(20-12-11-19(30-3)15-23(20)31-4)26-28(22)18-9-7-17(25)8-10-18/h7-12,15-16H,5-6,13-14H2,1-4H3. The van der Waals surface area contributed by atoms with Gasteiger partial charge in [0.25, 0.3) is 5.91 Å². The number of nitrogens with zero attached hydrogens (tertiary/aromatic N) is 3. The van der Waals surface area contributed by atoms with E-state index in [0.29, 0.717) is 41.0 Å². The van der Waals surface area contributed by atoms with Crippen molar-refractivity contribution in [2.75, 3.05) is 27.3 Å². The van der Waals surface area contributed by atoms with Crippen molar-refractivity contribution in [3.63, 3.8) is 0 Å². The lowest BCUT2D eigenvalue weighted by Crippen LogP contribution is -2.33. The van der Waals surface area contributed by atoms with Crippen molar-refractivity contribution in [2.45, 2.75) is 26.7 Å². The van der Waals surface area contributed by atoms with E-state index < -0.39 is 0 Å². The molecule has 1 heterocycles. The molecule has 0 bridgehead atoms. The van der Waals surface area contributed by atoms with E-state index in [9.17, 15) is 4.79 Å². The van der Waals surface area contributed by atoms with Crippen LogP contribution in [0, 0.1) is 0 Å². The number of aromatic nitrogens is 2. The highest BCUT2D eigenvalue weighted by molar-refractivity contribution is 6.30. The summed E-state index contributed by atoms with van der Waals surface area (Å²) in [6.45, 7) is 5.53. The number of hydrogen-bond donors (Lipinski definition) is 0. The van der Waals surface area contributed by atoms with Crippen LogP contribution in [0.25, 0.3) is 16.9 Å². The molecule has 3 aromatic rings. The molecule has 0 saturated carbocycles. The van der Waals surface area contributed by atoms with E-state index >= 15 is 0 Å². The van der Waals surface area contributed by atoms with Crippen LogP contribution in [0.3, 0.4) is 0 Å². The Balaban J connectivity index is 2.14. The molecule has 164 valence electrons. The van der Waals surface area contributed by atoms with Gasteiger partial charge < -0.3 is 14.4 Å². The van der Waals surface area contributed by atoms with Crippen LogP contribution in [-0.2, 0) is 0 Å². The number of carbonyl (C=O) groups is 1. The molecule has 0 aliphatic rings. The summed E-state index contributed by atoms with van der Waals surface area (Å²) in [7, 11) is 3.21. The first-order valence-corrected chi connectivity index (χ1v) is 10.8. The summed E-state index contributed by atoms with van der Waals surface area (Å²) in [6, 6.07) is 14.6. The number of halogens is 1. The molecule has 0 saturated heterocycles. The van der Waals surface area contributed by atoms with Crippen molar-refractivity contribution < 1.29 is 14.3 Å². The molecule has 0 unspecified atom stereocenters. The summed E-state index contributed by atoms with van der Waals surface area (Å²) in [5.41, 5.74) is 2.69. The molecule has 1 amide bonds. The van der Waals surface area contributed by atoms with Crippen LogP contribution in [-0.4, -0.2) is 47.9 Å². The predicted molar refractivity (Wildman–Crippen MR) is 124 cm³/mol. The van der Waals surface area contributed by atoms with E-state index in [1.54, 1.807) is 37.1 Å². The van der Waals surface area contributed by atoms with Gasteiger partial charge in [0.2, 0.25) is 0 Å². The van der Waals surface area contributed by atoms with Gasteiger partial charge in [-0.2, -0.15) is 5.10 Å². The summed E-state index contributed by atoms with van der Waals surface area (Å²) in [4.78, 5) is 15.3. The van der Waals surface area contributed by atoms with Gasteiger partial charge in [-0.25, -0.2) is 4.68 Å². The van der Waals surface area contributed by atoms with Crippen molar-refractivity contribution in [3.05, 3.63) is 59.2 Å². The van der Waals surface area contributed by atoms with Crippen LogP contribution >= 0.6 is 11.6 Å². The Morgan fingerprint density at radius 1 is 1.00 bits per heavy atom. The quantitative estimate of drug-likeness (QED) is 0.441. The highest BCUT2D eigenvalue weighted by Crippen LogP contribution is 2.34. The maximum Gasteiger partial charge on any atom is 0.272 e. The minimum Gasteiger partial charge on any atom is -0.497 e. The molecule has 0 N–H and O–H groups in total. The first-order chi connectivity index (χ1) is 15.0. The number of ether oxygens (including phenoxy) is 2. The number of benzene rings is 2. The molecule has 6 nitrogen and oxygen atoms in total. The Labute approximate surface area is 188 Å². The van der Waals surface area contributed by atoms with Crippen LogP contribution in [0.4, 0.5) is 0 Å². The van der Waals surface area contributed by atoms with Crippen molar-refractivity contribution >= 4 is 17.5 Å². The summed E-state index contributed by atoms with van der Waals surface area (Å²) in [6.07, 6.45) is 1.78. The van der Waals surface area contributed by atoms with E-state index in [-0.39, 0.29) is 5.91 Å². The first kappa shape index (κ1) is 22.7. The average molecular weight is 442 g/mol. The zero-order valence-electron chi connectivity index (χ0n) is 18.4. The molecular formula is C24H28ClN3O3. The van der Waals surface area contributed by atoms with Crippen molar-refractivity contribution in [1.82, 2.24) is 14.7 Å². The second-order valence-corrected chi connectivity index (χ2v) is 7.60. The molecular weight excluding hydrogens is 414 g/mol. The van der Waals surface area contributed by atoms with Gasteiger partial charge >= 0.3 is 0 Å². The molecule has 7 heteroatoms. The largest absolute Gasteiger partial charge is 0.497 e. The summed E-state index contributed by atoms with van der Waals surface area (Å²) >= 11 is 6.07. The van der Waals surface area contributed by atoms with Gasteiger partial charge in [0.15, 0.2) is 0 Å². The molecule has 0 atom stereocenters. The van der Waals surface area contributed by atoms with E-state index in [1.807, 2.05) is 35.2 Å². The van der Waals surface area contributed by atoms with Gasteiger partial charge in [-0.15, -0.1) is 0 Å². The van der Waals surface area contributed by atoms with Gasteiger partial charge in [0.05, 0.1) is 25.6 Å². The van der Waals surface area contributed by atoms with Crippen LogP contribution < -0.4 is 9.47 Å². The fourth-order valence-corrected chi connectivity index (χ4v) is 3.60. The van der Waals surface area contributed by atoms with E-state index in [0.717, 1.165) is 24.1 Å². The highest BCUT2D eigenvalue weighted by Gasteiger charge is 2.23. The lowest BCUT2D eigenvalue weighted by atomic mass is 10.1. The Morgan fingerprint density at radius 2 is 1.68 bits per heavy atom. The molecule has 3 rings (SSSR count). The zero-order chi connectivity index (χ0) is 22.4. The van der Waals surface area contributed by atoms with Crippen LogP contribution in [0.15, 0.2) is 48.5 Å². The maximum absolute atomic E-state index is 13.5. The lowest BCUT2D eigenvalue weighted by molar-refractivity contribution is 0.0746. The summed E-state index contributed by atoms with van der Waals surface area (Å²) in [5, 5.41) is 5.40. The third-order valence-corrected chi connectivity index (χ3v) is 5.21. The fraction of sp³-hybridized carbons (Fsp3) is 0.333. The number of hydrogen-bond acceptors (Lipinski definition) is 4. The minimum atomic E-state index is -0.0510. The predicted octanol–water partition coefficient (Wildman–Crippen LogP) is 5.47. The summed E-state index contributed by atoms with van der Waals surface area (Å²) in [5.74, 6) is 1.26. The molecule has 0 radical (unpaired) electrons. The highest BCUT2D eigenvalue weighted by atomic mass is 35.5. The van der Waals surface area contributed by atoms with E-state index in [4.69, 9.17) is 26.2 Å². The normalized spacial score (nSPS) is 10.7. The molecule has 0 spiro atoms. The SMILES string of the molecule is CCCN(CCC)C(=O)c1cc(-c2ccc(OC)cc2OC)nn1-c1ccc(Cl)cc1. The molecule has 1 aromatic heterocycles. The third kappa shape index (κ3) is 5.02. The van der Waals surface area contributed by atoms with Gasteiger partial charge in [-0.3, -0.25) is 4.79 Å². The van der Waals surface area contributed by atoms with Crippen molar-refractivity contribution in [2.24, 2.45) is 0 Å². The molecule has 2 aromatic carbocycles. The van der Waals surface area contributed by atoms with Crippen LogP contribution in [0.1, 0.15) is 37.2 Å². The number of rotatable bonds is 9. The van der Waals surface area contributed by atoms with Crippen molar-refractivity contribution in [1.29, 1.82) is 0 Å². The second-order valence-electron chi connectivity index (χ2n) is 7.16. The van der Waals surface area contributed by atoms with Crippen molar-refractivity contribution in [3.8, 4) is 28.4 Å². The van der Waals surface area contributed by atoms with Gasteiger partial charge in [-0.1, -0.05) is 25.4 Å². The van der Waals surface area contributed by atoms with E-state index in [1.165, 1.54) is 0 Å². The molecule has 0 aliphatic heterocycles. The van der Waals surface area contributed by atoms with Gasteiger partial charge in [0, 0.05) is 29.7 Å². The summed E-state index contributed by atoms with van der Waals surface area (Å²) < 4.78 is 12.5. The Kier molecular flexibility index (Phi) is 7.58. The molecule has 31 heavy (non-hydrogen) atoms. The minimum absolute atomic E-state index is 0.0510.